The van der Waals surface area contributed by atoms with Crippen LogP contribution >= 0.6 is 36.2 Å². The second-order valence-corrected chi connectivity index (χ2v) is 5.90. The van der Waals surface area contributed by atoms with Crippen molar-refractivity contribution in [1.29, 1.82) is 0 Å². The Labute approximate surface area is 147 Å². The van der Waals surface area contributed by atoms with E-state index in [1.165, 1.54) is 23.5 Å². The van der Waals surface area contributed by atoms with E-state index in [-0.39, 0.29) is 30.6 Å². The van der Waals surface area contributed by atoms with Gasteiger partial charge in [-0.3, -0.25) is 0 Å². The third kappa shape index (κ3) is 5.56. The SMILES string of the molecule is Cl.Cl.FC(F)(F)Oc1ccc2nc(NC3CCNCC3)sc2c1. The summed E-state index contributed by atoms with van der Waals surface area (Å²) < 4.78 is 41.2. The van der Waals surface area contributed by atoms with Crippen LogP contribution in [0.25, 0.3) is 10.2 Å². The van der Waals surface area contributed by atoms with Gasteiger partial charge in [-0.15, -0.1) is 38.0 Å². The van der Waals surface area contributed by atoms with Crippen molar-refractivity contribution in [3.63, 3.8) is 0 Å². The topological polar surface area (TPSA) is 46.2 Å². The molecule has 2 heterocycles. The second kappa shape index (κ2) is 8.23. The molecular weight excluding hydrogens is 374 g/mol. The normalized spacial score (nSPS) is 15.6. The van der Waals surface area contributed by atoms with Crippen molar-refractivity contribution in [3.8, 4) is 5.75 Å². The first-order valence-electron chi connectivity index (χ1n) is 6.63. The number of hydrogen-bond donors (Lipinski definition) is 2. The molecule has 2 aromatic rings. The Balaban J connectivity index is 0.00000132. The minimum absolute atomic E-state index is 0. The molecule has 23 heavy (non-hydrogen) atoms. The van der Waals surface area contributed by atoms with Crippen LogP contribution in [-0.4, -0.2) is 30.5 Å². The van der Waals surface area contributed by atoms with Gasteiger partial charge in [0.2, 0.25) is 0 Å². The second-order valence-electron chi connectivity index (χ2n) is 4.86. The van der Waals surface area contributed by atoms with E-state index in [9.17, 15) is 13.2 Å². The molecule has 130 valence electrons. The maximum absolute atomic E-state index is 12.2. The number of alkyl halides is 3. The summed E-state index contributed by atoms with van der Waals surface area (Å²) >= 11 is 1.34. The van der Waals surface area contributed by atoms with Crippen LogP contribution in [0.2, 0.25) is 0 Å². The number of fused-ring (bicyclic) bond motifs is 1. The molecule has 0 unspecified atom stereocenters. The molecule has 4 nitrogen and oxygen atoms in total. The molecule has 1 aliphatic rings. The number of nitrogens with one attached hydrogen (secondary N) is 2. The summed E-state index contributed by atoms with van der Waals surface area (Å²) in [6.45, 7) is 1.93. The number of anilines is 1. The molecule has 3 rings (SSSR count). The highest BCUT2D eigenvalue weighted by molar-refractivity contribution is 7.22. The summed E-state index contributed by atoms with van der Waals surface area (Å²) in [5, 5.41) is 7.36. The van der Waals surface area contributed by atoms with Gasteiger partial charge in [-0.25, -0.2) is 4.98 Å². The van der Waals surface area contributed by atoms with Gasteiger partial charge >= 0.3 is 6.36 Å². The Kier molecular flexibility index (Phi) is 7.19. The van der Waals surface area contributed by atoms with Crippen LogP contribution < -0.4 is 15.4 Å². The zero-order chi connectivity index (χ0) is 14.9. The molecule has 1 aromatic carbocycles. The van der Waals surface area contributed by atoms with Gasteiger partial charge < -0.3 is 15.4 Å². The molecule has 1 aliphatic heterocycles. The maximum Gasteiger partial charge on any atom is 0.573 e. The number of thiazole rings is 1. The van der Waals surface area contributed by atoms with Crippen LogP contribution in [0, 0.1) is 0 Å². The van der Waals surface area contributed by atoms with Crippen molar-refractivity contribution in [2.45, 2.75) is 25.2 Å². The smallest absolute Gasteiger partial charge is 0.406 e. The lowest BCUT2D eigenvalue weighted by Crippen LogP contribution is -2.35. The van der Waals surface area contributed by atoms with Gasteiger partial charge in [-0.2, -0.15) is 0 Å². The van der Waals surface area contributed by atoms with E-state index in [1.807, 2.05) is 0 Å². The average Bonchev–Trinajstić information content (AvgIpc) is 2.79. The predicted molar refractivity (Wildman–Crippen MR) is 90.3 cm³/mol. The van der Waals surface area contributed by atoms with Crippen LogP contribution in [0.1, 0.15) is 12.8 Å². The van der Waals surface area contributed by atoms with Crippen LogP contribution in [-0.2, 0) is 0 Å². The molecule has 0 amide bonds. The number of benzene rings is 1. The fourth-order valence-electron chi connectivity index (χ4n) is 2.30. The zero-order valence-electron chi connectivity index (χ0n) is 11.9. The lowest BCUT2D eigenvalue weighted by Gasteiger charge is -2.23. The van der Waals surface area contributed by atoms with Gasteiger partial charge in [-0.1, -0.05) is 11.3 Å². The van der Waals surface area contributed by atoms with Gasteiger partial charge in [-0.05, 0) is 38.1 Å². The summed E-state index contributed by atoms with van der Waals surface area (Å²) in [6.07, 6.45) is -2.65. The highest BCUT2D eigenvalue weighted by atomic mass is 35.5. The molecular formula is C13H16Cl2F3N3OS. The Bertz CT molecular complexity index is 632. The molecule has 0 saturated carbocycles. The maximum atomic E-state index is 12.2. The molecule has 0 radical (unpaired) electrons. The highest BCUT2D eigenvalue weighted by Gasteiger charge is 2.31. The third-order valence-electron chi connectivity index (χ3n) is 3.26. The molecule has 1 saturated heterocycles. The quantitative estimate of drug-likeness (QED) is 0.825. The molecule has 0 aliphatic carbocycles. The van der Waals surface area contributed by atoms with E-state index in [4.69, 9.17) is 0 Å². The Morgan fingerprint density at radius 2 is 1.91 bits per heavy atom. The first-order chi connectivity index (χ1) is 9.99. The molecule has 1 fully saturated rings. The molecule has 0 bridgehead atoms. The summed E-state index contributed by atoms with van der Waals surface area (Å²) in [5.74, 6) is -0.216. The van der Waals surface area contributed by atoms with Crippen LogP contribution in [0.3, 0.4) is 0 Å². The standard InChI is InChI=1S/C13H14F3N3OS.2ClH/c14-13(15,16)20-9-1-2-10-11(7-9)21-12(19-10)18-8-3-5-17-6-4-8;;/h1-2,7-8,17H,3-6H2,(H,18,19);2*1H. The number of aromatic nitrogens is 1. The lowest BCUT2D eigenvalue weighted by molar-refractivity contribution is -0.274. The highest BCUT2D eigenvalue weighted by Crippen LogP contribution is 2.32. The number of hydrogen-bond acceptors (Lipinski definition) is 5. The minimum Gasteiger partial charge on any atom is -0.406 e. The first kappa shape index (κ1) is 20.1. The van der Waals surface area contributed by atoms with E-state index in [1.54, 1.807) is 6.07 Å². The number of rotatable bonds is 3. The number of halogens is 5. The van der Waals surface area contributed by atoms with Crippen LogP contribution in [0.15, 0.2) is 18.2 Å². The number of piperidine rings is 1. The van der Waals surface area contributed by atoms with Crippen LogP contribution in [0.4, 0.5) is 18.3 Å². The van der Waals surface area contributed by atoms with E-state index in [2.05, 4.69) is 20.4 Å². The number of ether oxygens (including phenoxy) is 1. The molecule has 0 atom stereocenters. The fourth-order valence-corrected chi connectivity index (χ4v) is 3.28. The van der Waals surface area contributed by atoms with Gasteiger partial charge in [0.1, 0.15) is 5.75 Å². The van der Waals surface area contributed by atoms with E-state index in [0.29, 0.717) is 16.3 Å². The predicted octanol–water partition coefficient (Wildman–Crippen LogP) is 4.20. The zero-order valence-corrected chi connectivity index (χ0v) is 14.3. The summed E-state index contributed by atoms with van der Waals surface area (Å²) in [4.78, 5) is 4.39. The summed E-state index contributed by atoms with van der Waals surface area (Å²) in [5.41, 5.74) is 0.672. The van der Waals surface area contributed by atoms with Crippen LogP contribution in [0.5, 0.6) is 5.75 Å². The largest absolute Gasteiger partial charge is 0.573 e. The fraction of sp³-hybridized carbons (Fsp3) is 0.462. The van der Waals surface area contributed by atoms with Gasteiger partial charge in [0.15, 0.2) is 5.13 Å². The van der Waals surface area contributed by atoms with E-state index in [0.717, 1.165) is 31.1 Å². The molecule has 10 heteroatoms. The van der Waals surface area contributed by atoms with Crippen molar-refractivity contribution in [2.75, 3.05) is 18.4 Å². The van der Waals surface area contributed by atoms with Gasteiger partial charge in [0.25, 0.3) is 0 Å². The molecule has 0 spiro atoms. The van der Waals surface area contributed by atoms with E-state index >= 15 is 0 Å². The van der Waals surface area contributed by atoms with Crippen molar-refractivity contribution < 1.29 is 17.9 Å². The third-order valence-corrected chi connectivity index (χ3v) is 4.21. The Morgan fingerprint density at radius 3 is 2.57 bits per heavy atom. The monoisotopic (exact) mass is 389 g/mol. The Morgan fingerprint density at radius 1 is 1.22 bits per heavy atom. The molecule has 2 N–H and O–H groups in total. The molecule has 1 aromatic heterocycles. The summed E-state index contributed by atoms with van der Waals surface area (Å²) in [6, 6.07) is 4.55. The van der Waals surface area contributed by atoms with Crippen molar-refractivity contribution in [2.24, 2.45) is 0 Å². The van der Waals surface area contributed by atoms with Crippen molar-refractivity contribution in [1.82, 2.24) is 10.3 Å². The van der Waals surface area contributed by atoms with Gasteiger partial charge in [0, 0.05) is 12.1 Å². The summed E-state index contributed by atoms with van der Waals surface area (Å²) in [7, 11) is 0. The van der Waals surface area contributed by atoms with Gasteiger partial charge in [0.05, 0.1) is 10.2 Å². The van der Waals surface area contributed by atoms with E-state index < -0.39 is 6.36 Å². The first-order valence-corrected chi connectivity index (χ1v) is 7.45. The lowest BCUT2D eigenvalue weighted by atomic mass is 10.1. The minimum atomic E-state index is -4.67. The van der Waals surface area contributed by atoms with Crippen molar-refractivity contribution >= 4 is 51.5 Å². The number of nitrogens with zero attached hydrogens (tertiary/aromatic N) is 1. The average molecular weight is 390 g/mol. The Hall–Kier alpha value is -0.960. The van der Waals surface area contributed by atoms with Crippen molar-refractivity contribution in [3.05, 3.63) is 18.2 Å².